The molecule has 1 aliphatic rings. The molecule has 0 aliphatic carbocycles. The number of hydrogen-bond donors (Lipinski definition) is 1. The Kier molecular flexibility index (Phi) is 5.23. The van der Waals surface area contributed by atoms with Crippen LogP contribution in [-0.4, -0.2) is 38.8 Å². The van der Waals surface area contributed by atoms with E-state index in [0.717, 1.165) is 49.4 Å². The Morgan fingerprint density at radius 3 is 2.64 bits per heavy atom. The second kappa shape index (κ2) is 7.96. The van der Waals surface area contributed by atoms with E-state index in [1.54, 1.807) is 10.8 Å². The van der Waals surface area contributed by atoms with Crippen LogP contribution in [0, 0.1) is 5.92 Å². The Morgan fingerprint density at radius 2 is 1.93 bits per heavy atom. The molecular formula is C21H26N6O. The van der Waals surface area contributed by atoms with Crippen LogP contribution in [0.4, 0.5) is 5.82 Å². The molecule has 1 saturated heterocycles. The third kappa shape index (κ3) is 3.83. The van der Waals surface area contributed by atoms with Crippen molar-refractivity contribution in [1.29, 1.82) is 0 Å². The van der Waals surface area contributed by atoms with Gasteiger partial charge in [-0.1, -0.05) is 31.2 Å². The number of fused-ring (bicyclic) bond motifs is 1. The Bertz CT molecular complexity index is 943. The minimum Gasteiger partial charge on any atom is -0.355 e. The molecule has 1 aliphatic heterocycles. The van der Waals surface area contributed by atoms with Gasteiger partial charge in [-0.05, 0) is 49.4 Å². The molecule has 28 heavy (non-hydrogen) atoms. The van der Waals surface area contributed by atoms with E-state index in [1.165, 1.54) is 5.56 Å². The first-order chi connectivity index (χ1) is 13.6. The molecule has 1 N–H and O–H groups in total. The van der Waals surface area contributed by atoms with Crippen LogP contribution in [0.2, 0.25) is 0 Å². The summed E-state index contributed by atoms with van der Waals surface area (Å²) in [7, 11) is 0. The Labute approximate surface area is 164 Å². The molecular weight excluding hydrogens is 352 g/mol. The minimum absolute atomic E-state index is 0.0225. The van der Waals surface area contributed by atoms with E-state index in [9.17, 15) is 4.79 Å². The van der Waals surface area contributed by atoms with Gasteiger partial charge in [0.1, 0.15) is 12.1 Å². The van der Waals surface area contributed by atoms with Crippen LogP contribution < -0.4 is 10.2 Å². The number of carbonyl (C=O) groups is 1. The van der Waals surface area contributed by atoms with Gasteiger partial charge in [-0.25, -0.2) is 0 Å². The summed E-state index contributed by atoms with van der Waals surface area (Å²) in [4.78, 5) is 14.9. The molecule has 0 saturated carbocycles. The highest BCUT2D eigenvalue weighted by Gasteiger charge is 2.26. The first-order valence-corrected chi connectivity index (χ1v) is 9.95. The summed E-state index contributed by atoms with van der Waals surface area (Å²) >= 11 is 0. The second-order valence-electron chi connectivity index (χ2n) is 7.41. The van der Waals surface area contributed by atoms with Gasteiger partial charge in [-0.2, -0.15) is 4.52 Å². The van der Waals surface area contributed by atoms with Gasteiger partial charge in [0.2, 0.25) is 5.91 Å². The van der Waals surface area contributed by atoms with E-state index >= 15 is 0 Å². The maximum Gasteiger partial charge on any atom is 0.223 e. The van der Waals surface area contributed by atoms with Crippen LogP contribution in [0.1, 0.15) is 43.9 Å². The van der Waals surface area contributed by atoms with Gasteiger partial charge in [0, 0.05) is 19.0 Å². The lowest BCUT2D eigenvalue weighted by Crippen LogP contribution is -2.41. The number of aromatic nitrogens is 4. The van der Waals surface area contributed by atoms with Crippen molar-refractivity contribution >= 4 is 17.4 Å². The molecule has 3 aromatic rings. The van der Waals surface area contributed by atoms with Crippen LogP contribution in [0.25, 0.3) is 5.65 Å². The van der Waals surface area contributed by atoms with E-state index in [0.29, 0.717) is 0 Å². The van der Waals surface area contributed by atoms with Crippen LogP contribution in [0.3, 0.4) is 0 Å². The monoisotopic (exact) mass is 378 g/mol. The Balaban J connectivity index is 1.32. The quantitative estimate of drug-likeness (QED) is 0.739. The molecule has 1 unspecified atom stereocenters. The van der Waals surface area contributed by atoms with E-state index in [4.69, 9.17) is 0 Å². The van der Waals surface area contributed by atoms with Crippen molar-refractivity contribution in [2.45, 2.75) is 39.2 Å². The fraction of sp³-hybridized carbons (Fsp3) is 0.429. The molecule has 4 rings (SSSR count). The van der Waals surface area contributed by atoms with Gasteiger partial charge in [-0.15, -0.1) is 15.3 Å². The number of benzene rings is 1. The molecule has 146 valence electrons. The molecule has 0 bridgehead atoms. The van der Waals surface area contributed by atoms with Gasteiger partial charge >= 0.3 is 0 Å². The van der Waals surface area contributed by atoms with E-state index in [1.807, 2.05) is 19.1 Å². The summed E-state index contributed by atoms with van der Waals surface area (Å²) in [6, 6.07) is 12.4. The van der Waals surface area contributed by atoms with Crippen LogP contribution in [0.5, 0.6) is 0 Å². The molecule has 1 fully saturated rings. The number of nitrogens with zero attached hydrogens (tertiary/aromatic N) is 5. The molecule has 7 nitrogen and oxygen atoms in total. The van der Waals surface area contributed by atoms with Gasteiger partial charge < -0.3 is 10.2 Å². The zero-order valence-electron chi connectivity index (χ0n) is 16.4. The van der Waals surface area contributed by atoms with Crippen molar-refractivity contribution in [1.82, 2.24) is 25.1 Å². The largest absolute Gasteiger partial charge is 0.355 e. The van der Waals surface area contributed by atoms with Gasteiger partial charge in [0.15, 0.2) is 5.65 Å². The van der Waals surface area contributed by atoms with Gasteiger partial charge in [0.25, 0.3) is 0 Å². The molecule has 1 atom stereocenters. The highest BCUT2D eigenvalue weighted by molar-refractivity contribution is 5.79. The average molecular weight is 378 g/mol. The Morgan fingerprint density at radius 1 is 1.18 bits per heavy atom. The fourth-order valence-corrected chi connectivity index (χ4v) is 3.71. The number of carbonyl (C=O) groups excluding carboxylic acids is 1. The lowest BCUT2D eigenvalue weighted by atomic mass is 9.95. The average Bonchev–Trinajstić information content (AvgIpc) is 3.21. The maximum absolute atomic E-state index is 12.7. The van der Waals surface area contributed by atoms with Crippen LogP contribution in [-0.2, 0) is 11.2 Å². The van der Waals surface area contributed by atoms with Crippen molar-refractivity contribution in [2.75, 3.05) is 18.0 Å². The van der Waals surface area contributed by atoms with Crippen molar-refractivity contribution in [2.24, 2.45) is 5.92 Å². The van der Waals surface area contributed by atoms with E-state index in [2.05, 4.69) is 56.7 Å². The van der Waals surface area contributed by atoms with Gasteiger partial charge in [-0.3, -0.25) is 4.79 Å². The zero-order chi connectivity index (χ0) is 19.5. The zero-order valence-corrected chi connectivity index (χ0v) is 16.4. The molecule has 0 radical (unpaired) electrons. The number of rotatable bonds is 5. The van der Waals surface area contributed by atoms with Crippen LogP contribution in [0.15, 0.2) is 42.7 Å². The highest BCUT2D eigenvalue weighted by Crippen LogP contribution is 2.23. The summed E-state index contributed by atoms with van der Waals surface area (Å²) in [5, 5.41) is 15.6. The van der Waals surface area contributed by atoms with Crippen LogP contribution >= 0.6 is 0 Å². The van der Waals surface area contributed by atoms with Gasteiger partial charge in [0.05, 0.1) is 6.04 Å². The summed E-state index contributed by atoms with van der Waals surface area (Å²) in [6.45, 7) is 5.83. The third-order valence-corrected chi connectivity index (χ3v) is 5.58. The van der Waals surface area contributed by atoms with Crippen molar-refractivity contribution in [3.8, 4) is 0 Å². The normalized spacial score (nSPS) is 16.3. The number of amides is 1. The summed E-state index contributed by atoms with van der Waals surface area (Å²) < 4.78 is 1.68. The lowest BCUT2D eigenvalue weighted by molar-refractivity contribution is -0.126. The SMILES string of the molecule is CCc1ccc(C(C)NC(=O)C2CCN(c3ccc4nncn4n3)CC2)cc1. The Hall–Kier alpha value is -2.96. The van der Waals surface area contributed by atoms with E-state index in [-0.39, 0.29) is 17.9 Å². The number of nitrogens with one attached hydrogen (secondary N) is 1. The number of piperidine rings is 1. The maximum atomic E-state index is 12.7. The summed E-state index contributed by atoms with van der Waals surface area (Å²) in [5.74, 6) is 1.09. The molecule has 1 aromatic carbocycles. The summed E-state index contributed by atoms with van der Waals surface area (Å²) in [5.41, 5.74) is 3.20. The predicted molar refractivity (Wildman–Crippen MR) is 108 cm³/mol. The molecule has 0 spiro atoms. The standard InChI is InChI=1S/C21H26N6O/c1-3-16-4-6-17(7-5-16)15(2)23-21(28)18-10-12-26(13-11-18)20-9-8-19-24-22-14-27(19)25-20/h4-9,14-15,18H,3,10-13H2,1-2H3,(H,23,28). The van der Waals surface area contributed by atoms with Crippen molar-refractivity contribution in [3.63, 3.8) is 0 Å². The molecule has 3 heterocycles. The fourth-order valence-electron chi connectivity index (χ4n) is 3.71. The number of aryl methyl sites for hydroxylation is 1. The molecule has 1 amide bonds. The van der Waals surface area contributed by atoms with E-state index < -0.39 is 0 Å². The third-order valence-electron chi connectivity index (χ3n) is 5.58. The summed E-state index contributed by atoms with van der Waals surface area (Å²) in [6.07, 6.45) is 4.29. The highest BCUT2D eigenvalue weighted by atomic mass is 16.1. The lowest BCUT2D eigenvalue weighted by Gasteiger charge is -2.32. The first-order valence-electron chi connectivity index (χ1n) is 9.95. The number of anilines is 1. The minimum atomic E-state index is 0.0225. The molecule has 7 heteroatoms. The molecule has 2 aromatic heterocycles. The predicted octanol–water partition coefficient (Wildman–Crippen LogP) is 2.78. The van der Waals surface area contributed by atoms with Crippen molar-refractivity contribution < 1.29 is 4.79 Å². The topological polar surface area (TPSA) is 75.4 Å². The first kappa shape index (κ1) is 18.4. The second-order valence-corrected chi connectivity index (χ2v) is 7.41. The smallest absolute Gasteiger partial charge is 0.223 e. The van der Waals surface area contributed by atoms with Crippen molar-refractivity contribution in [3.05, 3.63) is 53.9 Å². The number of hydrogen-bond acceptors (Lipinski definition) is 5.